The molecule has 0 saturated carbocycles. The summed E-state index contributed by atoms with van der Waals surface area (Å²) in [6.07, 6.45) is 1.24. The van der Waals surface area contributed by atoms with Crippen LogP contribution in [0.3, 0.4) is 0 Å². The number of carbonyl (C=O) groups is 2. The minimum atomic E-state index is -0.671. The van der Waals surface area contributed by atoms with Crippen molar-refractivity contribution < 1.29 is 19.8 Å². The molecule has 1 aliphatic heterocycles. The fraction of sp³-hybridized carbons (Fsp3) is 0. The number of nitrogens with zero attached hydrogens (tertiary/aromatic N) is 1. The molecule has 3 rings (SSSR count). The lowest BCUT2D eigenvalue weighted by Gasteiger charge is -2.29. The summed E-state index contributed by atoms with van der Waals surface area (Å²) in [4.78, 5) is 26.3. The molecule has 1 saturated heterocycles. The lowest BCUT2D eigenvalue weighted by molar-refractivity contribution is -0.122. The van der Waals surface area contributed by atoms with Crippen LogP contribution in [0.25, 0.3) is 6.08 Å². The molecule has 132 valence electrons. The molecule has 1 aliphatic rings. The third kappa shape index (κ3) is 3.50. The topological polar surface area (TPSA) is 89.9 Å². The lowest BCUT2D eigenvalue weighted by atomic mass is 10.1. The van der Waals surface area contributed by atoms with Gasteiger partial charge in [0.1, 0.15) is 17.1 Å². The van der Waals surface area contributed by atoms with Crippen molar-refractivity contribution in [2.45, 2.75) is 0 Å². The van der Waals surface area contributed by atoms with E-state index in [1.54, 1.807) is 24.3 Å². The number of benzene rings is 2. The largest absolute Gasteiger partial charge is 0.507 e. The molecule has 2 aromatic rings. The van der Waals surface area contributed by atoms with Crippen molar-refractivity contribution in [3.63, 3.8) is 0 Å². The van der Waals surface area contributed by atoms with E-state index in [1.807, 2.05) is 0 Å². The molecular weight excluding hydrogens is 488 g/mol. The van der Waals surface area contributed by atoms with E-state index in [0.29, 0.717) is 10.2 Å². The van der Waals surface area contributed by atoms with Gasteiger partial charge in [-0.2, -0.15) is 0 Å². The molecule has 0 radical (unpaired) electrons. The normalized spacial score (nSPS) is 16.2. The quantitative estimate of drug-likeness (QED) is 0.336. The van der Waals surface area contributed by atoms with Crippen molar-refractivity contribution in [2.24, 2.45) is 0 Å². The number of phenols is 2. The Balaban J connectivity index is 2.07. The van der Waals surface area contributed by atoms with Gasteiger partial charge in [0.15, 0.2) is 5.11 Å². The van der Waals surface area contributed by atoms with E-state index in [0.717, 1.165) is 10.5 Å². The van der Waals surface area contributed by atoms with Crippen LogP contribution < -0.4 is 10.2 Å². The third-order valence-electron chi connectivity index (χ3n) is 3.56. The Morgan fingerprint density at radius 2 is 1.81 bits per heavy atom. The van der Waals surface area contributed by atoms with Crippen molar-refractivity contribution in [3.05, 3.63) is 56.5 Å². The Morgan fingerprint density at radius 1 is 1.08 bits per heavy atom. The van der Waals surface area contributed by atoms with Crippen LogP contribution >= 0.6 is 44.1 Å². The molecule has 2 amide bonds. The molecule has 3 N–H and O–H groups in total. The van der Waals surface area contributed by atoms with Crippen molar-refractivity contribution >= 4 is 72.8 Å². The second kappa shape index (κ2) is 7.18. The molecule has 6 nitrogen and oxygen atoms in total. The first-order valence-electron chi connectivity index (χ1n) is 7.16. The van der Waals surface area contributed by atoms with Gasteiger partial charge in [-0.15, -0.1) is 0 Å². The number of halogens is 2. The van der Waals surface area contributed by atoms with Crippen LogP contribution in [0.15, 0.2) is 50.9 Å². The maximum atomic E-state index is 12.9. The summed E-state index contributed by atoms with van der Waals surface area (Å²) in [7, 11) is 0. The summed E-state index contributed by atoms with van der Waals surface area (Å²) in [6.45, 7) is 0. The fourth-order valence-corrected chi connectivity index (χ4v) is 3.37. The summed E-state index contributed by atoms with van der Waals surface area (Å²) < 4.78 is 1.05. The van der Waals surface area contributed by atoms with Gasteiger partial charge in [-0.3, -0.25) is 19.8 Å². The van der Waals surface area contributed by atoms with Crippen LogP contribution in [0.4, 0.5) is 5.69 Å². The zero-order chi connectivity index (χ0) is 19.0. The number of rotatable bonds is 2. The van der Waals surface area contributed by atoms with Crippen LogP contribution in [0.2, 0.25) is 0 Å². The number of carbonyl (C=O) groups excluding carboxylic acids is 2. The smallest absolute Gasteiger partial charge is 0.270 e. The highest BCUT2D eigenvalue weighted by atomic mass is 79.9. The maximum Gasteiger partial charge on any atom is 0.270 e. The highest BCUT2D eigenvalue weighted by Crippen LogP contribution is 2.33. The summed E-state index contributed by atoms with van der Waals surface area (Å²) in [6, 6.07) is 9.40. The first kappa shape index (κ1) is 18.6. The van der Waals surface area contributed by atoms with Gasteiger partial charge in [0.25, 0.3) is 11.8 Å². The summed E-state index contributed by atoms with van der Waals surface area (Å²) >= 11 is 11.6. The number of aromatic hydroxyl groups is 2. The predicted octanol–water partition coefficient (Wildman–Crippen LogP) is 3.45. The Bertz CT molecular complexity index is 991. The number of hydrogen-bond donors (Lipinski definition) is 3. The second-order valence-electron chi connectivity index (χ2n) is 5.30. The SMILES string of the molecule is O=C1NC(=S)N(c2cccc(Br)c2)C(=O)/C1=C\c1cc(Br)c(O)cc1O. The van der Waals surface area contributed by atoms with E-state index in [4.69, 9.17) is 12.2 Å². The predicted molar refractivity (Wildman–Crippen MR) is 108 cm³/mol. The summed E-state index contributed by atoms with van der Waals surface area (Å²) in [5, 5.41) is 22.0. The highest BCUT2D eigenvalue weighted by molar-refractivity contribution is 9.10. The van der Waals surface area contributed by atoms with Gasteiger partial charge >= 0.3 is 0 Å². The van der Waals surface area contributed by atoms with Crippen LogP contribution in [0.5, 0.6) is 11.5 Å². The minimum Gasteiger partial charge on any atom is -0.507 e. The Hall–Kier alpha value is -2.23. The second-order valence-corrected chi connectivity index (χ2v) is 7.46. The number of hydrogen-bond acceptors (Lipinski definition) is 5. The van der Waals surface area contributed by atoms with Crippen molar-refractivity contribution in [3.8, 4) is 11.5 Å². The van der Waals surface area contributed by atoms with Crippen LogP contribution in [-0.4, -0.2) is 27.1 Å². The Labute approximate surface area is 170 Å². The summed E-state index contributed by atoms with van der Waals surface area (Å²) in [5.41, 5.74) is 0.470. The molecule has 0 aromatic heterocycles. The molecule has 1 heterocycles. The lowest BCUT2D eigenvalue weighted by Crippen LogP contribution is -2.54. The van der Waals surface area contributed by atoms with Crippen molar-refractivity contribution in [1.29, 1.82) is 0 Å². The summed E-state index contributed by atoms with van der Waals surface area (Å²) in [5.74, 6) is -1.74. The van der Waals surface area contributed by atoms with Gasteiger partial charge in [-0.05, 0) is 58.5 Å². The van der Waals surface area contributed by atoms with E-state index in [-0.39, 0.29) is 27.7 Å². The zero-order valence-corrected chi connectivity index (χ0v) is 16.9. The monoisotopic (exact) mass is 496 g/mol. The van der Waals surface area contributed by atoms with Crippen LogP contribution in [0, 0.1) is 0 Å². The van der Waals surface area contributed by atoms with E-state index in [9.17, 15) is 19.8 Å². The third-order valence-corrected chi connectivity index (χ3v) is 4.98. The van der Waals surface area contributed by atoms with E-state index >= 15 is 0 Å². The molecule has 0 aliphatic carbocycles. The fourth-order valence-electron chi connectivity index (χ4n) is 2.34. The molecular formula is C17H10Br2N2O4S. The molecule has 26 heavy (non-hydrogen) atoms. The van der Waals surface area contributed by atoms with Gasteiger partial charge in [0.05, 0.1) is 10.2 Å². The molecule has 0 spiro atoms. The number of anilines is 1. The van der Waals surface area contributed by atoms with Gasteiger partial charge in [-0.1, -0.05) is 22.0 Å². The first-order valence-corrected chi connectivity index (χ1v) is 9.16. The van der Waals surface area contributed by atoms with Crippen LogP contribution in [-0.2, 0) is 9.59 Å². The molecule has 0 bridgehead atoms. The Morgan fingerprint density at radius 3 is 2.50 bits per heavy atom. The number of amides is 2. The average molecular weight is 498 g/mol. The Kier molecular flexibility index (Phi) is 5.12. The zero-order valence-electron chi connectivity index (χ0n) is 12.9. The molecule has 2 aromatic carbocycles. The highest BCUT2D eigenvalue weighted by Gasteiger charge is 2.34. The van der Waals surface area contributed by atoms with Crippen LogP contribution in [0.1, 0.15) is 5.56 Å². The van der Waals surface area contributed by atoms with Gasteiger partial charge in [-0.25, -0.2) is 0 Å². The van der Waals surface area contributed by atoms with E-state index in [2.05, 4.69) is 37.2 Å². The molecule has 1 fully saturated rings. The van der Waals surface area contributed by atoms with Crippen molar-refractivity contribution in [2.75, 3.05) is 4.90 Å². The van der Waals surface area contributed by atoms with E-state index in [1.165, 1.54) is 17.0 Å². The standard InChI is InChI=1S/C17H10Br2N2O4S/c18-9-2-1-3-10(6-9)21-16(25)11(15(24)20-17(21)26)4-8-5-12(19)14(23)7-13(8)22/h1-7,22-23H,(H,20,24,26)/b11-4-. The number of thiocarbonyl (C=S) groups is 1. The number of phenolic OH excluding ortho intramolecular Hbond substituents is 2. The minimum absolute atomic E-state index is 0.0358. The first-order chi connectivity index (χ1) is 12.3. The maximum absolute atomic E-state index is 12.9. The van der Waals surface area contributed by atoms with Gasteiger partial charge < -0.3 is 10.2 Å². The average Bonchev–Trinajstić information content (AvgIpc) is 2.56. The van der Waals surface area contributed by atoms with Gasteiger partial charge in [0, 0.05) is 16.1 Å². The molecule has 9 heteroatoms. The van der Waals surface area contributed by atoms with Gasteiger partial charge in [0.2, 0.25) is 0 Å². The van der Waals surface area contributed by atoms with Crippen molar-refractivity contribution in [1.82, 2.24) is 5.32 Å². The molecule has 0 atom stereocenters. The van der Waals surface area contributed by atoms with E-state index < -0.39 is 11.8 Å². The molecule has 0 unspecified atom stereocenters. The number of nitrogens with one attached hydrogen (secondary N) is 1.